The molecule has 1 amide bonds. The summed E-state index contributed by atoms with van der Waals surface area (Å²) in [6.07, 6.45) is -0.492. The molecule has 1 aromatic heterocycles. The first kappa shape index (κ1) is 36.9. The molecule has 4 rings (SSSR count). The van der Waals surface area contributed by atoms with E-state index in [0.717, 1.165) is 18.3 Å². The Hall–Kier alpha value is -3.97. The molecule has 0 aliphatic heterocycles. The maximum atomic E-state index is 12.6. The van der Waals surface area contributed by atoms with Crippen LogP contribution in [-0.2, 0) is 48.8 Å². The second-order valence-electron chi connectivity index (χ2n) is 8.97. The summed E-state index contributed by atoms with van der Waals surface area (Å²) in [6, 6.07) is 10.3. The van der Waals surface area contributed by atoms with Crippen LogP contribution < -0.4 is 9.81 Å². The van der Waals surface area contributed by atoms with Gasteiger partial charge in [0, 0.05) is 0 Å². The van der Waals surface area contributed by atoms with Gasteiger partial charge >= 0.3 is 288 Å². The Morgan fingerprint density at radius 3 is 2.02 bits per heavy atom. The van der Waals surface area contributed by atoms with Crippen molar-refractivity contribution in [2.45, 2.75) is 20.9 Å². The predicted molar refractivity (Wildman–Crippen MR) is 161 cm³/mol. The number of amides is 1. The molecule has 0 bridgehead atoms. The fourth-order valence-corrected chi connectivity index (χ4v) is 6.11. The zero-order valence-corrected chi connectivity index (χ0v) is 28.0. The van der Waals surface area contributed by atoms with Crippen LogP contribution in [0.25, 0.3) is 0 Å². The third-order valence-electron chi connectivity index (χ3n) is 5.69. The number of nitrogens with one attached hydrogen (secondary N) is 1. The standard InChI is InChI=1S/C24H16Cl2N7O10S3.Co.O/c25-21-20(12-27-24(26)29-21)23(34)28-14-4-6-15(7-5-14)30-32-22(13-2-1-3-17(8-13)44(35,36)37)33-31-16-9-18(45(38,39)40)11-19(10-16)46(41,42)43;;/h1-6,8-12,22H,(H,28,34)(H,35,36,37)(H,38,39,40)(H,41,42,43);;/b32-30+,33-31+;;. The predicted octanol–water partition coefficient (Wildman–Crippen LogP) is 4.40. The summed E-state index contributed by atoms with van der Waals surface area (Å²) in [6.45, 7) is 0. The molecule has 1 heterocycles. The first-order chi connectivity index (χ1) is 22.3. The Bertz CT molecular complexity index is 2290. The molecular weight excluding hydrogens is 788 g/mol. The van der Waals surface area contributed by atoms with Gasteiger partial charge < -0.3 is 0 Å². The molecule has 18 nitrogen and oxygen atoms in total. The van der Waals surface area contributed by atoms with Crippen LogP contribution in [0.2, 0.25) is 10.4 Å². The monoisotopic (exact) mass is 803 g/mol. The van der Waals surface area contributed by atoms with Gasteiger partial charge in [-0.3, -0.25) is 0 Å². The van der Waals surface area contributed by atoms with Crippen molar-refractivity contribution in [1.82, 2.24) is 9.97 Å². The van der Waals surface area contributed by atoms with Crippen molar-refractivity contribution in [3.05, 3.63) is 88.4 Å². The van der Waals surface area contributed by atoms with E-state index in [1.54, 1.807) is 0 Å². The summed E-state index contributed by atoms with van der Waals surface area (Å²) in [5.41, 5.74) is -0.618. The normalized spacial score (nSPS) is 13.3. The zero-order chi connectivity index (χ0) is 35.4. The number of aromatic nitrogens is 2. The molecule has 1 atom stereocenters. The van der Waals surface area contributed by atoms with Crippen molar-refractivity contribution < 1.29 is 62.2 Å². The van der Waals surface area contributed by atoms with Crippen LogP contribution in [-0.4, -0.2) is 54.8 Å². The average molecular weight is 804 g/mol. The first-order valence-electron chi connectivity index (χ1n) is 12.2. The number of rotatable bonds is 11. The Kier molecular flexibility index (Phi) is 11.2. The van der Waals surface area contributed by atoms with E-state index in [-0.39, 0.29) is 37.4 Å². The molecule has 254 valence electrons. The molecule has 0 saturated heterocycles. The molecule has 1 unspecified atom stereocenters. The minimum atomic E-state index is -4.99. The maximum absolute atomic E-state index is 12.6. The summed E-state index contributed by atoms with van der Waals surface area (Å²) in [5.74, 6) is -0.728. The number of hydrogen-bond donors (Lipinski definition) is 4. The van der Waals surface area contributed by atoms with E-state index in [1.165, 1.54) is 30.3 Å². The number of benzene rings is 3. The Balaban J connectivity index is 1.74. The van der Waals surface area contributed by atoms with E-state index in [1.807, 2.05) is 0 Å². The van der Waals surface area contributed by atoms with Gasteiger partial charge in [-0.25, -0.2) is 0 Å². The number of azo groups is 2. The molecule has 48 heavy (non-hydrogen) atoms. The summed E-state index contributed by atoms with van der Waals surface area (Å²) in [4.78, 5) is 17.5. The van der Waals surface area contributed by atoms with Crippen molar-refractivity contribution in [1.29, 1.82) is 0 Å². The van der Waals surface area contributed by atoms with Gasteiger partial charge in [0.25, 0.3) is 0 Å². The Morgan fingerprint density at radius 1 is 0.812 bits per heavy atom. The van der Waals surface area contributed by atoms with Gasteiger partial charge in [0.1, 0.15) is 0 Å². The molecule has 0 aliphatic rings. The van der Waals surface area contributed by atoms with Crippen LogP contribution in [0.4, 0.5) is 17.1 Å². The SMILES string of the molecule is [O]=[Co][c]1cc(NC(=O)c2cnc(Cl)nc2Cl)ccc1/N=N/C(/N=N/c1cc(S(=O)(=O)O)cc(S(=O)(=O)O)c1)c1cccc(S(=O)(=O)O)c1. The molecule has 4 aromatic rings. The fraction of sp³-hybridized carbons (Fsp3) is 0.0417. The second kappa shape index (κ2) is 14.6. The van der Waals surface area contributed by atoms with Crippen LogP contribution in [0.5, 0.6) is 0 Å². The molecule has 0 aliphatic carbocycles. The fourth-order valence-electron chi connectivity index (χ4n) is 3.54. The molecular formula is C24H16Cl2CoN7O11S3. The van der Waals surface area contributed by atoms with E-state index in [0.29, 0.717) is 18.2 Å². The van der Waals surface area contributed by atoms with Gasteiger partial charge in [-0.05, 0) is 0 Å². The number of carbonyl (C=O) groups excluding carboxylic acids is 1. The molecule has 0 spiro atoms. The summed E-state index contributed by atoms with van der Waals surface area (Å²) < 4.78 is 111. The van der Waals surface area contributed by atoms with E-state index in [4.69, 9.17) is 23.2 Å². The second-order valence-corrected chi connectivity index (χ2v) is 14.7. The van der Waals surface area contributed by atoms with Crippen LogP contribution >= 0.6 is 23.2 Å². The van der Waals surface area contributed by atoms with Crippen molar-refractivity contribution in [3.63, 3.8) is 0 Å². The van der Waals surface area contributed by atoms with E-state index < -0.39 is 77.4 Å². The zero-order valence-electron chi connectivity index (χ0n) is 23.0. The van der Waals surface area contributed by atoms with Crippen molar-refractivity contribution >= 4 is 81.0 Å². The summed E-state index contributed by atoms with van der Waals surface area (Å²) in [5, 5.41) is 17.7. The van der Waals surface area contributed by atoms with Crippen LogP contribution in [0.3, 0.4) is 0 Å². The molecule has 0 fully saturated rings. The number of nitrogens with zero attached hydrogens (tertiary/aromatic N) is 6. The molecule has 0 saturated carbocycles. The number of anilines is 1. The average Bonchev–Trinajstić information content (AvgIpc) is 3.00. The van der Waals surface area contributed by atoms with E-state index in [9.17, 15) is 47.6 Å². The van der Waals surface area contributed by atoms with Gasteiger partial charge in [0.15, 0.2) is 0 Å². The number of carbonyl (C=O) groups is 1. The van der Waals surface area contributed by atoms with Gasteiger partial charge in [0.05, 0.1) is 0 Å². The Morgan fingerprint density at radius 2 is 1.44 bits per heavy atom. The third-order valence-corrected chi connectivity index (χ3v) is 9.32. The van der Waals surface area contributed by atoms with Crippen molar-refractivity contribution in [3.8, 4) is 0 Å². The van der Waals surface area contributed by atoms with Gasteiger partial charge in [-0.1, -0.05) is 0 Å². The quantitative estimate of drug-likeness (QED) is 0.0709. The minimum absolute atomic E-state index is 0.0210. The number of hydrogen-bond acceptors (Lipinski definition) is 14. The van der Waals surface area contributed by atoms with Gasteiger partial charge in [-0.15, -0.1) is 0 Å². The van der Waals surface area contributed by atoms with Crippen molar-refractivity contribution in [2.24, 2.45) is 20.5 Å². The Labute approximate surface area is 286 Å². The summed E-state index contributed by atoms with van der Waals surface area (Å²) in [7, 11) is -14.7. The molecule has 3 aromatic carbocycles. The molecule has 24 heteroatoms. The van der Waals surface area contributed by atoms with Crippen molar-refractivity contribution in [2.75, 3.05) is 5.32 Å². The van der Waals surface area contributed by atoms with E-state index in [2.05, 4.69) is 35.7 Å². The van der Waals surface area contributed by atoms with E-state index >= 15 is 0 Å². The van der Waals surface area contributed by atoms with Crippen LogP contribution in [0.15, 0.2) is 102 Å². The number of halogens is 2. The molecule has 4 N–H and O–H groups in total. The molecule has 0 radical (unpaired) electrons. The van der Waals surface area contributed by atoms with Gasteiger partial charge in [0.2, 0.25) is 0 Å². The van der Waals surface area contributed by atoms with Gasteiger partial charge in [-0.2, -0.15) is 0 Å². The third kappa shape index (κ3) is 9.56. The van der Waals surface area contributed by atoms with Crippen LogP contribution in [0, 0.1) is 0 Å². The first-order valence-corrected chi connectivity index (χ1v) is 18.2. The van der Waals surface area contributed by atoms with Crippen LogP contribution in [0.1, 0.15) is 22.1 Å². The summed E-state index contributed by atoms with van der Waals surface area (Å²) >= 11 is 11.0. The topological polar surface area (TPSA) is 284 Å².